The van der Waals surface area contributed by atoms with Crippen molar-refractivity contribution in [3.05, 3.63) is 42.0 Å². The molecule has 0 atom stereocenters. The summed E-state index contributed by atoms with van der Waals surface area (Å²) in [4.78, 5) is 0. The van der Waals surface area contributed by atoms with E-state index in [1.807, 2.05) is 63.3 Å². The lowest BCUT2D eigenvalue weighted by Crippen LogP contribution is -2.16. The van der Waals surface area contributed by atoms with Crippen molar-refractivity contribution in [3.8, 4) is 0 Å². The first-order valence-electron chi connectivity index (χ1n) is 4.82. The van der Waals surface area contributed by atoms with Gasteiger partial charge < -0.3 is 5.41 Å². The maximum atomic E-state index is 7.80. The minimum Gasteiger partial charge on any atom is -0.305 e. The molecule has 1 aromatic rings. The van der Waals surface area contributed by atoms with E-state index in [2.05, 4.69) is 0 Å². The highest BCUT2D eigenvalue weighted by molar-refractivity contribution is 5.99. The molecule has 0 spiro atoms. The largest absolute Gasteiger partial charge is 0.305 e. The van der Waals surface area contributed by atoms with Gasteiger partial charge in [-0.05, 0) is 11.6 Å². The van der Waals surface area contributed by atoms with Gasteiger partial charge in [-0.15, -0.1) is 0 Å². The molecular formula is C13H17N. The van der Waals surface area contributed by atoms with Gasteiger partial charge in [-0.2, -0.15) is 0 Å². The molecule has 0 bridgehead atoms. The molecule has 1 aromatic carbocycles. The Morgan fingerprint density at radius 3 is 2.21 bits per heavy atom. The van der Waals surface area contributed by atoms with Crippen LogP contribution in [0.1, 0.15) is 26.3 Å². The van der Waals surface area contributed by atoms with E-state index in [-0.39, 0.29) is 5.41 Å². The summed E-state index contributed by atoms with van der Waals surface area (Å²) < 4.78 is 0. The minimum atomic E-state index is -0.0642. The van der Waals surface area contributed by atoms with Gasteiger partial charge in [0.2, 0.25) is 0 Å². The minimum absolute atomic E-state index is 0.0642. The second-order valence-electron chi connectivity index (χ2n) is 4.41. The van der Waals surface area contributed by atoms with E-state index in [0.717, 1.165) is 5.56 Å². The van der Waals surface area contributed by atoms with E-state index in [9.17, 15) is 0 Å². The molecule has 1 rings (SSSR count). The molecule has 0 saturated heterocycles. The summed E-state index contributed by atoms with van der Waals surface area (Å²) in [5, 5.41) is 7.80. The van der Waals surface area contributed by atoms with E-state index < -0.39 is 0 Å². The Kier molecular flexibility index (Phi) is 3.23. The molecule has 0 aliphatic rings. The number of hydrogen-bond acceptors (Lipinski definition) is 1. The van der Waals surface area contributed by atoms with Crippen LogP contribution in [-0.4, -0.2) is 5.71 Å². The lowest BCUT2D eigenvalue weighted by Gasteiger charge is -2.16. The summed E-state index contributed by atoms with van der Waals surface area (Å²) in [5.74, 6) is 0. The number of benzene rings is 1. The summed E-state index contributed by atoms with van der Waals surface area (Å²) in [6.45, 7) is 6.14. The first-order chi connectivity index (χ1) is 6.50. The lowest BCUT2D eigenvalue weighted by molar-refractivity contribution is 0.591. The fraction of sp³-hybridized carbons (Fsp3) is 0.308. The molecule has 0 fully saturated rings. The fourth-order valence-electron chi connectivity index (χ4n) is 0.994. The predicted molar refractivity (Wildman–Crippen MR) is 62.7 cm³/mol. The standard InChI is InChI=1S/C13H17N/c1-13(2,3)12(14)10-9-11-7-5-4-6-8-11/h4-10,14H,1-3H3/b10-9+,14-12?. The normalized spacial score (nSPS) is 11.9. The topological polar surface area (TPSA) is 23.9 Å². The van der Waals surface area contributed by atoms with Gasteiger partial charge in [-0.1, -0.05) is 57.2 Å². The van der Waals surface area contributed by atoms with Crippen molar-refractivity contribution < 1.29 is 0 Å². The highest BCUT2D eigenvalue weighted by atomic mass is 14.4. The molecule has 0 aromatic heterocycles. The quantitative estimate of drug-likeness (QED) is 0.681. The van der Waals surface area contributed by atoms with Crippen LogP contribution in [0.15, 0.2) is 36.4 Å². The molecule has 1 nitrogen and oxygen atoms in total. The number of nitrogens with one attached hydrogen (secondary N) is 1. The van der Waals surface area contributed by atoms with Crippen molar-refractivity contribution in [2.45, 2.75) is 20.8 Å². The average Bonchev–Trinajstić information content (AvgIpc) is 2.14. The Morgan fingerprint density at radius 2 is 1.71 bits per heavy atom. The van der Waals surface area contributed by atoms with E-state index >= 15 is 0 Å². The van der Waals surface area contributed by atoms with Crippen LogP contribution >= 0.6 is 0 Å². The molecule has 0 radical (unpaired) electrons. The van der Waals surface area contributed by atoms with Crippen molar-refractivity contribution in [1.29, 1.82) is 5.41 Å². The van der Waals surface area contributed by atoms with Crippen LogP contribution in [0.2, 0.25) is 0 Å². The SMILES string of the molecule is CC(C)(C)C(=N)/C=C/c1ccccc1. The molecule has 0 aliphatic carbocycles. The van der Waals surface area contributed by atoms with Gasteiger partial charge in [0, 0.05) is 11.1 Å². The van der Waals surface area contributed by atoms with Crippen LogP contribution < -0.4 is 0 Å². The Labute approximate surface area is 86.0 Å². The Bertz CT molecular complexity index is 328. The van der Waals surface area contributed by atoms with Gasteiger partial charge in [0.1, 0.15) is 0 Å². The molecule has 0 saturated carbocycles. The molecule has 0 heterocycles. The van der Waals surface area contributed by atoms with Crippen LogP contribution in [0.5, 0.6) is 0 Å². The molecule has 0 unspecified atom stereocenters. The second kappa shape index (κ2) is 4.23. The number of hydrogen-bond donors (Lipinski definition) is 1. The maximum Gasteiger partial charge on any atom is 0.0367 e. The smallest absolute Gasteiger partial charge is 0.0367 e. The molecule has 1 heteroatoms. The molecule has 0 aliphatic heterocycles. The van der Waals surface area contributed by atoms with Gasteiger partial charge in [0.05, 0.1) is 0 Å². The Morgan fingerprint density at radius 1 is 1.14 bits per heavy atom. The maximum absolute atomic E-state index is 7.80. The molecule has 0 amide bonds. The average molecular weight is 187 g/mol. The van der Waals surface area contributed by atoms with Crippen LogP contribution in [0.3, 0.4) is 0 Å². The Hall–Kier alpha value is -1.37. The van der Waals surface area contributed by atoms with Crippen molar-refractivity contribution in [2.75, 3.05) is 0 Å². The van der Waals surface area contributed by atoms with Crippen LogP contribution in [0.4, 0.5) is 0 Å². The van der Waals surface area contributed by atoms with E-state index in [4.69, 9.17) is 5.41 Å². The zero-order chi connectivity index (χ0) is 10.6. The van der Waals surface area contributed by atoms with Gasteiger partial charge >= 0.3 is 0 Å². The molecule has 1 N–H and O–H groups in total. The first kappa shape index (κ1) is 10.7. The Balaban J connectivity index is 2.71. The zero-order valence-corrected chi connectivity index (χ0v) is 9.04. The van der Waals surface area contributed by atoms with Crippen LogP contribution in [0.25, 0.3) is 6.08 Å². The summed E-state index contributed by atoms with van der Waals surface area (Å²) >= 11 is 0. The van der Waals surface area contributed by atoms with Gasteiger partial charge in [-0.3, -0.25) is 0 Å². The van der Waals surface area contributed by atoms with Crippen LogP contribution in [0, 0.1) is 10.8 Å². The van der Waals surface area contributed by atoms with E-state index in [0.29, 0.717) is 5.71 Å². The van der Waals surface area contributed by atoms with Crippen molar-refractivity contribution in [1.82, 2.24) is 0 Å². The van der Waals surface area contributed by atoms with Crippen molar-refractivity contribution >= 4 is 11.8 Å². The number of rotatable bonds is 2. The summed E-state index contributed by atoms with van der Waals surface area (Å²) in [7, 11) is 0. The zero-order valence-electron chi connectivity index (χ0n) is 9.04. The molecule has 74 valence electrons. The third-order valence-electron chi connectivity index (χ3n) is 2.05. The predicted octanol–water partition coefficient (Wildman–Crippen LogP) is 3.77. The first-order valence-corrected chi connectivity index (χ1v) is 4.82. The monoisotopic (exact) mass is 187 g/mol. The highest BCUT2D eigenvalue weighted by Gasteiger charge is 2.13. The van der Waals surface area contributed by atoms with E-state index in [1.165, 1.54) is 0 Å². The summed E-state index contributed by atoms with van der Waals surface area (Å²) in [5.41, 5.74) is 1.73. The number of allylic oxidation sites excluding steroid dienone is 1. The van der Waals surface area contributed by atoms with E-state index in [1.54, 1.807) is 0 Å². The van der Waals surface area contributed by atoms with Crippen molar-refractivity contribution in [2.24, 2.45) is 5.41 Å². The highest BCUT2D eigenvalue weighted by Crippen LogP contribution is 2.16. The third kappa shape index (κ3) is 3.17. The molecule has 14 heavy (non-hydrogen) atoms. The summed E-state index contributed by atoms with van der Waals surface area (Å²) in [6, 6.07) is 10.1. The van der Waals surface area contributed by atoms with Gasteiger partial charge in [0.15, 0.2) is 0 Å². The lowest BCUT2D eigenvalue weighted by atomic mass is 9.89. The van der Waals surface area contributed by atoms with Gasteiger partial charge in [-0.25, -0.2) is 0 Å². The van der Waals surface area contributed by atoms with Gasteiger partial charge in [0.25, 0.3) is 0 Å². The fourth-order valence-corrected chi connectivity index (χ4v) is 0.994. The summed E-state index contributed by atoms with van der Waals surface area (Å²) in [6.07, 6.45) is 3.85. The van der Waals surface area contributed by atoms with Crippen LogP contribution in [-0.2, 0) is 0 Å². The van der Waals surface area contributed by atoms with Crippen molar-refractivity contribution in [3.63, 3.8) is 0 Å². The second-order valence-corrected chi connectivity index (χ2v) is 4.41. The third-order valence-corrected chi connectivity index (χ3v) is 2.05. The molecular weight excluding hydrogens is 170 g/mol.